The molecule has 1 saturated carbocycles. The third kappa shape index (κ3) is 3.19. The molecule has 1 aliphatic rings. The second-order valence-corrected chi connectivity index (χ2v) is 5.29. The number of ether oxygens (including phenoxy) is 1. The average molecular weight is 259 g/mol. The SMILES string of the molecule is C=C[C@@H]1C[C@]1(NC(=O)OC(C)(C)C)C(=O)OP. The number of amides is 1. The number of alkyl carbamates (subject to hydrolysis) is 1. The minimum Gasteiger partial charge on any atom is -0.450 e. The van der Waals surface area contributed by atoms with E-state index in [9.17, 15) is 9.59 Å². The van der Waals surface area contributed by atoms with Gasteiger partial charge in [-0.25, -0.2) is 9.59 Å². The van der Waals surface area contributed by atoms with Gasteiger partial charge >= 0.3 is 12.1 Å². The molecule has 1 N–H and O–H groups in total. The number of rotatable bonds is 3. The number of hydrogen-bond donors (Lipinski definition) is 1. The van der Waals surface area contributed by atoms with Crippen LogP contribution in [-0.2, 0) is 14.1 Å². The summed E-state index contributed by atoms with van der Waals surface area (Å²) in [4.78, 5) is 23.2. The topological polar surface area (TPSA) is 64.6 Å². The molecular formula is C11H18NO4P. The second kappa shape index (κ2) is 4.65. The standard InChI is InChI=1S/C11H18NO4P/c1-5-7-6-11(7,8(13)16-17)12-9(14)15-10(2,3)4/h5,7H,1,6,17H2,2-4H3,(H,12,14)/t7-,11-/m1/s1. The third-order valence-electron chi connectivity index (χ3n) is 2.49. The van der Waals surface area contributed by atoms with E-state index in [-0.39, 0.29) is 5.92 Å². The van der Waals surface area contributed by atoms with Crippen molar-refractivity contribution in [3.05, 3.63) is 12.7 Å². The van der Waals surface area contributed by atoms with Gasteiger partial charge in [-0.3, -0.25) is 0 Å². The highest BCUT2D eigenvalue weighted by atomic mass is 31.0. The van der Waals surface area contributed by atoms with Crippen molar-refractivity contribution in [1.29, 1.82) is 0 Å². The Morgan fingerprint density at radius 2 is 2.12 bits per heavy atom. The quantitative estimate of drug-likeness (QED) is 0.620. The van der Waals surface area contributed by atoms with E-state index in [1.165, 1.54) is 0 Å². The minimum atomic E-state index is -1.01. The fourth-order valence-corrected chi connectivity index (χ4v) is 1.80. The first-order valence-electron chi connectivity index (χ1n) is 5.30. The van der Waals surface area contributed by atoms with Gasteiger partial charge in [0, 0.05) is 5.92 Å². The molecule has 0 aromatic rings. The van der Waals surface area contributed by atoms with Crippen LogP contribution in [0.25, 0.3) is 0 Å². The molecule has 0 saturated heterocycles. The van der Waals surface area contributed by atoms with Gasteiger partial charge in [0.2, 0.25) is 0 Å². The molecule has 96 valence electrons. The van der Waals surface area contributed by atoms with Gasteiger partial charge in [-0.1, -0.05) is 6.08 Å². The van der Waals surface area contributed by atoms with E-state index in [0.717, 1.165) is 0 Å². The van der Waals surface area contributed by atoms with Crippen LogP contribution in [0.3, 0.4) is 0 Å². The van der Waals surface area contributed by atoms with E-state index in [4.69, 9.17) is 4.74 Å². The van der Waals surface area contributed by atoms with E-state index in [0.29, 0.717) is 6.42 Å². The summed E-state index contributed by atoms with van der Waals surface area (Å²) in [6, 6.07) is 0. The summed E-state index contributed by atoms with van der Waals surface area (Å²) in [5, 5.41) is 2.56. The molecule has 0 aromatic heterocycles. The highest BCUT2D eigenvalue weighted by molar-refractivity contribution is 7.10. The molecule has 0 heterocycles. The molecule has 1 aliphatic carbocycles. The number of carbonyl (C=O) groups is 2. The predicted octanol–water partition coefficient (Wildman–Crippen LogP) is 1.79. The lowest BCUT2D eigenvalue weighted by Gasteiger charge is -2.22. The van der Waals surface area contributed by atoms with Gasteiger partial charge in [-0.15, -0.1) is 6.58 Å². The minimum absolute atomic E-state index is 0.108. The summed E-state index contributed by atoms with van der Waals surface area (Å²) >= 11 is 0. The van der Waals surface area contributed by atoms with Crippen LogP contribution >= 0.6 is 9.47 Å². The molecule has 0 aliphatic heterocycles. The van der Waals surface area contributed by atoms with Crippen LogP contribution in [0.5, 0.6) is 0 Å². The molecule has 6 heteroatoms. The van der Waals surface area contributed by atoms with Crippen LogP contribution in [0.2, 0.25) is 0 Å². The molecule has 1 amide bonds. The zero-order chi connectivity index (χ0) is 13.3. The molecule has 1 rings (SSSR count). The summed E-state index contributed by atoms with van der Waals surface area (Å²) in [6.07, 6.45) is 1.49. The Morgan fingerprint density at radius 1 is 1.53 bits per heavy atom. The van der Waals surface area contributed by atoms with Crippen LogP contribution in [0.1, 0.15) is 27.2 Å². The van der Waals surface area contributed by atoms with E-state index < -0.39 is 23.2 Å². The first-order chi connectivity index (χ1) is 7.75. The zero-order valence-electron chi connectivity index (χ0n) is 10.3. The zero-order valence-corrected chi connectivity index (χ0v) is 11.4. The van der Waals surface area contributed by atoms with Crippen LogP contribution in [0.15, 0.2) is 12.7 Å². The first kappa shape index (κ1) is 14.0. The monoisotopic (exact) mass is 259 g/mol. The van der Waals surface area contributed by atoms with Crippen molar-refractivity contribution in [2.24, 2.45) is 5.92 Å². The van der Waals surface area contributed by atoms with Gasteiger partial charge in [-0.2, -0.15) is 0 Å². The van der Waals surface area contributed by atoms with Crippen molar-refractivity contribution in [3.63, 3.8) is 0 Å². The number of carbonyl (C=O) groups excluding carboxylic acids is 2. The third-order valence-corrected chi connectivity index (χ3v) is 2.71. The van der Waals surface area contributed by atoms with Crippen LogP contribution in [-0.4, -0.2) is 23.2 Å². The van der Waals surface area contributed by atoms with Crippen molar-refractivity contribution < 1.29 is 18.8 Å². The van der Waals surface area contributed by atoms with E-state index in [2.05, 4.69) is 16.4 Å². The maximum Gasteiger partial charge on any atom is 0.408 e. The largest absolute Gasteiger partial charge is 0.450 e. The second-order valence-electron chi connectivity index (χ2n) is 5.05. The first-order valence-corrected chi connectivity index (χ1v) is 5.77. The maximum absolute atomic E-state index is 11.6. The van der Waals surface area contributed by atoms with E-state index in [1.807, 2.05) is 9.47 Å². The van der Waals surface area contributed by atoms with Crippen molar-refractivity contribution in [1.82, 2.24) is 5.32 Å². The Kier molecular flexibility index (Phi) is 3.82. The maximum atomic E-state index is 11.6. The molecule has 17 heavy (non-hydrogen) atoms. The summed E-state index contributed by atoms with van der Waals surface area (Å²) in [5.41, 5.74) is -1.61. The molecule has 0 bridgehead atoms. The molecule has 1 unspecified atom stereocenters. The van der Waals surface area contributed by atoms with Gasteiger partial charge in [0.25, 0.3) is 0 Å². The summed E-state index contributed by atoms with van der Waals surface area (Å²) < 4.78 is 9.70. The molecule has 0 spiro atoms. The fraction of sp³-hybridized carbons (Fsp3) is 0.636. The van der Waals surface area contributed by atoms with Crippen molar-refractivity contribution in [2.45, 2.75) is 38.3 Å². The summed E-state index contributed by atoms with van der Waals surface area (Å²) in [7, 11) is 1.88. The van der Waals surface area contributed by atoms with Gasteiger partial charge in [-0.05, 0) is 27.2 Å². The van der Waals surface area contributed by atoms with Gasteiger partial charge in [0.05, 0.1) is 9.47 Å². The summed E-state index contributed by atoms with van der Waals surface area (Å²) in [6.45, 7) is 8.88. The molecule has 5 nitrogen and oxygen atoms in total. The van der Waals surface area contributed by atoms with Crippen molar-refractivity contribution in [2.75, 3.05) is 0 Å². The summed E-state index contributed by atoms with van der Waals surface area (Å²) in [5.74, 6) is -0.610. The predicted molar refractivity (Wildman–Crippen MR) is 66.2 cm³/mol. The lowest BCUT2D eigenvalue weighted by molar-refractivity contribution is -0.137. The highest BCUT2D eigenvalue weighted by Crippen LogP contribution is 2.45. The van der Waals surface area contributed by atoms with E-state index >= 15 is 0 Å². The molecule has 1 fully saturated rings. The molecule has 0 radical (unpaired) electrons. The van der Waals surface area contributed by atoms with Crippen LogP contribution < -0.4 is 5.32 Å². The van der Waals surface area contributed by atoms with Gasteiger partial charge < -0.3 is 14.6 Å². The van der Waals surface area contributed by atoms with Crippen LogP contribution in [0.4, 0.5) is 4.79 Å². The van der Waals surface area contributed by atoms with Gasteiger partial charge in [0.15, 0.2) is 0 Å². The Labute approximate surface area is 103 Å². The Balaban J connectivity index is 2.68. The molecule has 3 atom stereocenters. The Hall–Kier alpha value is -1.09. The highest BCUT2D eigenvalue weighted by Gasteiger charge is 2.61. The smallest absolute Gasteiger partial charge is 0.408 e. The van der Waals surface area contributed by atoms with Gasteiger partial charge in [0.1, 0.15) is 11.1 Å². The van der Waals surface area contributed by atoms with Crippen molar-refractivity contribution >= 4 is 21.5 Å². The number of nitrogens with one attached hydrogen (secondary N) is 1. The Bertz CT molecular complexity index is 350. The Morgan fingerprint density at radius 3 is 2.47 bits per heavy atom. The van der Waals surface area contributed by atoms with Crippen LogP contribution in [0, 0.1) is 5.92 Å². The number of hydrogen-bond acceptors (Lipinski definition) is 4. The van der Waals surface area contributed by atoms with Crippen molar-refractivity contribution in [3.8, 4) is 0 Å². The lowest BCUT2D eigenvalue weighted by Crippen LogP contribution is -2.47. The average Bonchev–Trinajstić information content (AvgIpc) is 2.88. The molecule has 0 aromatic carbocycles. The lowest BCUT2D eigenvalue weighted by atomic mass is 10.2. The molecular weight excluding hydrogens is 241 g/mol. The van der Waals surface area contributed by atoms with E-state index in [1.54, 1.807) is 26.8 Å². The normalized spacial score (nSPS) is 26.9. The fourth-order valence-electron chi connectivity index (χ4n) is 1.59.